The number of nitrogens with zero attached hydrogens (tertiary/aromatic N) is 3. The molecule has 25 heavy (non-hydrogen) atoms. The fourth-order valence-corrected chi connectivity index (χ4v) is 3.92. The molecule has 1 unspecified atom stereocenters. The molecule has 1 aromatic rings. The Hall–Kier alpha value is -1.96. The highest BCUT2D eigenvalue weighted by Gasteiger charge is 2.39. The van der Waals surface area contributed by atoms with Crippen LogP contribution < -0.4 is 0 Å². The van der Waals surface area contributed by atoms with Crippen molar-refractivity contribution in [3.8, 4) is 0 Å². The Bertz CT molecular complexity index is 610. The van der Waals surface area contributed by atoms with E-state index in [0.29, 0.717) is 12.2 Å². The van der Waals surface area contributed by atoms with Crippen molar-refractivity contribution in [1.82, 2.24) is 20.3 Å². The fourth-order valence-electron chi connectivity index (χ4n) is 3.92. The lowest BCUT2D eigenvalue weighted by Gasteiger charge is -2.32. The van der Waals surface area contributed by atoms with E-state index in [4.69, 9.17) is 9.47 Å². The summed E-state index contributed by atoms with van der Waals surface area (Å²) in [5.74, 6) is -0.300. The Kier molecular flexibility index (Phi) is 5.67. The topological polar surface area (TPSA) is 97.4 Å². The first-order valence-corrected chi connectivity index (χ1v) is 9.06. The van der Waals surface area contributed by atoms with Crippen molar-refractivity contribution in [2.45, 2.75) is 57.6 Å². The Balaban J connectivity index is 1.72. The van der Waals surface area contributed by atoms with Crippen molar-refractivity contribution < 1.29 is 19.1 Å². The zero-order chi connectivity index (χ0) is 17.8. The molecule has 1 N–H and O–H groups in total. The van der Waals surface area contributed by atoms with Crippen LogP contribution in [0.15, 0.2) is 0 Å². The Morgan fingerprint density at radius 2 is 1.96 bits per heavy atom. The Labute approximate surface area is 147 Å². The molecular weight excluding hydrogens is 324 g/mol. The maximum absolute atomic E-state index is 13.0. The summed E-state index contributed by atoms with van der Waals surface area (Å²) in [4.78, 5) is 27.0. The van der Waals surface area contributed by atoms with Gasteiger partial charge in [0.2, 0.25) is 5.91 Å². The van der Waals surface area contributed by atoms with E-state index in [2.05, 4.69) is 15.4 Å². The van der Waals surface area contributed by atoms with Crippen LogP contribution in [0, 0.1) is 5.92 Å². The zero-order valence-electron chi connectivity index (χ0n) is 14.9. The van der Waals surface area contributed by atoms with E-state index in [1.54, 1.807) is 14.0 Å². The molecule has 0 radical (unpaired) electrons. The lowest BCUT2D eigenvalue weighted by molar-refractivity contribution is -0.138. The molecule has 3 rings (SSSR count). The minimum atomic E-state index is -0.494. The molecule has 2 heterocycles. The summed E-state index contributed by atoms with van der Waals surface area (Å²) in [7, 11) is 1.73. The molecule has 138 valence electrons. The number of hydrogen-bond donors (Lipinski definition) is 1. The second kappa shape index (κ2) is 7.95. The van der Waals surface area contributed by atoms with Gasteiger partial charge in [0.25, 0.3) is 0 Å². The van der Waals surface area contributed by atoms with E-state index in [1.807, 2.05) is 4.90 Å². The molecule has 0 aromatic carbocycles. The highest BCUT2D eigenvalue weighted by Crippen LogP contribution is 2.36. The maximum Gasteiger partial charge on any atom is 0.360 e. The van der Waals surface area contributed by atoms with Crippen molar-refractivity contribution in [1.29, 1.82) is 0 Å². The average molecular weight is 350 g/mol. The second-order valence-corrected chi connectivity index (χ2v) is 6.68. The smallest absolute Gasteiger partial charge is 0.360 e. The van der Waals surface area contributed by atoms with Gasteiger partial charge in [0.05, 0.1) is 18.8 Å². The lowest BCUT2D eigenvalue weighted by Crippen LogP contribution is -2.38. The maximum atomic E-state index is 13.0. The predicted octanol–water partition coefficient (Wildman–Crippen LogP) is 1.85. The number of esters is 1. The molecule has 1 saturated heterocycles. The number of nitrogens with one attached hydrogen (secondary N) is 1. The number of ether oxygens (including phenoxy) is 2. The van der Waals surface area contributed by atoms with E-state index in [-0.39, 0.29) is 36.3 Å². The first-order valence-electron chi connectivity index (χ1n) is 9.06. The minimum absolute atomic E-state index is 0.0324. The number of carbonyl (C=O) groups is 2. The van der Waals surface area contributed by atoms with Gasteiger partial charge in [-0.3, -0.25) is 4.79 Å². The van der Waals surface area contributed by atoms with Gasteiger partial charge in [-0.15, -0.1) is 5.10 Å². The molecule has 2 fully saturated rings. The van der Waals surface area contributed by atoms with Crippen molar-refractivity contribution in [3.63, 3.8) is 0 Å². The first-order chi connectivity index (χ1) is 12.2. The summed E-state index contributed by atoms with van der Waals surface area (Å²) >= 11 is 0. The van der Waals surface area contributed by atoms with Crippen LogP contribution in [0.1, 0.15) is 67.7 Å². The van der Waals surface area contributed by atoms with Crippen molar-refractivity contribution in [2.24, 2.45) is 5.92 Å². The third-order valence-corrected chi connectivity index (χ3v) is 5.25. The summed E-state index contributed by atoms with van der Waals surface area (Å²) in [6.45, 7) is 2.73. The Morgan fingerprint density at radius 3 is 2.64 bits per heavy atom. The number of rotatable bonds is 5. The number of likely N-dealkylation sites (tertiary alicyclic amines) is 1. The standard InChI is InChI=1S/C17H26N4O4/c1-3-25-17(23)15-14(18-20-19-15)13-5-4-10-21(13)16(22)11-6-8-12(24-2)9-7-11/h11-13H,3-10H2,1-2H3,(H,18,19,20). The van der Waals surface area contributed by atoms with Gasteiger partial charge in [0, 0.05) is 19.6 Å². The quantitative estimate of drug-likeness (QED) is 0.814. The van der Waals surface area contributed by atoms with Crippen LogP contribution >= 0.6 is 0 Å². The van der Waals surface area contributed by atoms with Crippen LogP contribution in [0.25, 0.3) is 0 Å². The SMILES string of the molecule is CCOC(=O)c1n[nH]nc1C1CCCN1C(=O)C1CCC(OC)CC1. The number of carbonyl (C=O) groups excluding carboxylic acids is 2. The molecule has 2 aliphatic rings. The molecule has 8 nitrogen and oxygen atoms in total. The van der Waals surface area contributed by atoms with Gasteiger partial charge >= 0.3 is 5.97 Å². The van der Waals surface area contributed by atoms with Gasteiger partial charge in [-0.05, 0) is 45.4 Å². The van der Waals surface area contributed by atoms with Crippen LogP contribution in [0.4, 0.5) is 0 Å². The average Bonchev–Trinajstić information content (AvgIpc) is 3.30. The van der Waals surface area contributed by atoms with E-state index in [0.717, 1.165) is 38.5 Å². The number of methoxy groups -OCH3 is 1. The molecule has 8 heteroatoms. The second-order valence-electron chi connectivity index (χ2n) is 6.68. The molecule has 0 spiro atoms. The van der Waals surface area contributed by atoms with Gasteiger partial charge in [-0.2, -0.15) is 10.3 Å². The van der Waals surface area contributed by atoms with Gasteiger partial charge in [-0.1, -0.05) is 0 Å². The van der Waals surface area contributed by atoms with E-state index in [1.165, 1.54) is 0 Å². The molecule has 0 bridgehead atoms. The summed E-state index contributed by atoms with van der Waals surface area (Å²) < 4.78 is 10.4. The summed E-state index contributed by atoms with van der Waals surface area (Å²) in [6, 6.07) is -0.203. The van der Waals surface area contributed by atoms with Crippen LogP contribution in [-0.4, -0.2) is 58.6 Å². The fraction of sp³-hybridized carbons (Fsp3) is 0.765. The molecule has 1 aromatic heterocycles. The third-order valence-electron chi connectivity index (χ3n) is 5.25. The number of H-pyrrole nitrogens is 1. The van der Waals surface area contributed by atoms with Crippen LogP contribution in [0.2, 0.25) is 0 Å². The van der Waals surface area contributed by atoms with Gasteiger partial charge in [0.1, 0.15) is 5.69 Å². The van der Waals surface area contributed by atoms with Crippen LogP contribution in [0.5, 0.6) is 0 Å². The van der Waals surface area contributed by atoms with E-state index < -0.39 is 5.97 Å². The van der Waals surface area contributed by atoms with Gasteiger partial charge in [0.15, 0.2) is 5.69 Å². The van der Waals surface area contributed by atoms with Crippen molar-refractivity contribution in [3.05, 3.63) is 11.4 Å². The molecular formula is C17H26N4O4. The van der Waals surface area contributed by atoms with E-state index in [9.17, 15) is 9.59 Å². The number of aromatic amines is 1. The normalized spacial score (nSPS) is 26.6. The molecule has 1 aliphatic heterocycles. The largest absolute Gasteiger partial charge is 0.461 e. The highest BCUT2D eigenvalue weighted by atomic mass is 16.5. The Morgan fingerprint density at radius 1 is 1.20 bits per heavy atom. The van der Waals surface area contributed by atoms with Crippen molar-refractivity contribution in [2.75, 3.05) is 20.3 Å². The summed E-state index contributed by atoms with van der Waals surface area (Å²) in [5, 5.41) is 10.6. The lowest BCUT2D eigenvalue weighted by atomic mass is 9.86. The van der Waals surface area contributed by atoms with Crippen LogP contribution in [0.3, 0.4) is 0 Å². The van der Waals surface area contributed by atoms with Gasteiger partial charge in [-0.25, -0.2) is 4.79 Å². The number of amides is 1. The molecule has 1 amide bonds. The van der Waals surface area contributed by atoms with E-state index >= 15 is 0 Å². The number of hydrogen-bond acceptors (Lipinski definition) is 6. The molecule has 1 saturated carbocycles. The third kappa shape index (κ3) is 3.68. The summed E-state index contributed by atoms with van der Waals surface area (Å²) in [6.07, 6.45) is 5.50. The molecule has 1 atom stereocenters. The number of aromatic nitrogens is 3. The minimum Gasteiger partial charge on any atom is -0.461 e. The van der Waals surface area contributed by atoms with Crippen LogP contribution in [-0.2, 0) is 14.3 Å². The highest BCUT2D eigenvalue weighted by molar-refractivity contribution is 5.89. The zero-order valence-corrected chi connectivity index (χ0v) is 14.9. The first kappa shape index (κ1) is 17.8. The molecule has 1 aliphatic carbocycles. The summed E-state index contributed by atoms with van der Waals surface area (Å²) in [5.41, 5.74) is 0.713. The van der Waals surface area contributed by atoms with Gasteiger partial charge < -0.3 is 14.4 Å². The van der Waals surface area contributed by atoms with Crippen molar-refractivity contribution >= 4 is 11.9 Å². The predicted molar refractivity (Wildman–Crippen MR) is 88.8 cm³/mol. The monoisotopic (exact) mass is 350 g/mol.